The first kappa shape index (κ1) is 17.2. The lowest BCUT2D eigenvalue weighted by molar-refractivity contribution is -0.127. The zero-order valence-electron chi connectivity index (χ0n) is 14.9. The second-order valence-electron chi connectivity index (χ2n) is 6.39. The number of amides is 2. The molecule has 0 N–H and O–H groups in total. The standard InChI is InChI=1S/C21H17N3O2S/c1-22-13-14(16-10-6-7-11-18(16)22)12-17-19(25)23(2)21(27)24(20(17)26)15-8-4-3-5-9-15/h3-13H,1-2H3/b17-12+. The molecule has 1 fully saturated rings. The van der Waals surface area contributed by atoms with E-state index >= 15 is 0 Å². The van der Waals surface area contributed by atoms with Gasteiger partial charge in [-0.15, -0.1) is 0 Å². The highest BCUT2D eigenvalue weighted by molar-refractivity contribution is 7.80. The molecule has 6 heteroatoms. The summed E-state index contributed by atoms with van der Waals surface area (Å²) in [6, 6.07) is 17.0. The number of likely N-dealkylation sites (N-methyl/N-ethyl adjacent to an activating group) is 1. The van der Waals surface area contributed by atoms with E-state index in [1.54, 1.807) is 25.3 Å². The van der Waals surface area contributed by atoms with Gasteiger partial charge in [-0.1, -0.05) is 36.4 Å². The van der Waals surface area contributed by atoms with Crippen molar-refractivity contribution in [2.45, 2.75) is 0 Å². The molecule has 0 saturated carbocycles. The number of carbonyl (C=O) groups is 2. The van der Waals surface area contributed by atoms with E-state index in [1.807, 2.05) is 60.3 Å². The number of nitrogens with zero attached hydrogens (tertiary/aromatic N) is 3. The smallest absolute Gasteiger partial charge is 0.270 e. The second-order valence-corrected chi connectivity index (χ2v) is 6.76. The summed E-state index contributed by atoms with van der Waals surface area (Å²) in [6.07, 6.45) is 3.57. The molecule has 0 aliphatic carbocycles. The molecule has 2 aromatic carbocycles. The summed E-state index contributed by atoms with van der Waals surface area (Å²) in [7, 11) is 3.52. The van der Waals surface area contributed by atoms with Crippen LogP contribution in [-0.4, -0.2) is 33.4 Å². The molecule has 1 aromatic heterocycles. The van der Waals surface area contributed by atoms with Gasteiger partial charge in [-0.3, -0.25) is 19.4 Å². The molecule has 1 saturated heterocycles. The van der Waals surface area contributed by atoms with Crippen molar-refractivity contribution in [2.24, 2.45) is 7.05 Å². The van der Waals surface area contributed by atoms with Crippen molar-refractivity contribution in [2.75, 3.05) is 11.9 Å². The van der Waals surface area contributed by atoms with Gasteiger partial charge in [0.25, 0.3) is 11.8 Å². The Bertz CT molecular complexity index is 1110. The number of anilines is 1. The molecule has 27 heavy (non-hydrogen) atoms. The Morgan fingerprint density at radius 1 is 0.889 bits per heavy atom. The Hall–Kier alpha value is -3.25. The van der Waals surface area contributed by atoms with E-state index < -0.39 is 11.8 Å². The predicted molar refractivity (Wildman–Crippen MR) is 110 cm³/mol. The van der Waals surface area contributed by atoms with E-state index in [0.717, 1.165) is 16.5 Å². The third-order valence-electron chi connectivity index (χ3n) is 4.69. The molecule has 5 nitrogen and oxygen atoms in total. The molecular weight excluding hydrogens is 358 g/mol. The number of carbonyl (C=O) groups excluding carboxylic acids is 2. The van der Waals surface area contributed by atoms with Crippen molar-refractivity contribution in [3.8, 4) is 0 Å². The molecule has 0 unspecified atom stereocenters. The topological polar surface area (TPSA) is 45.6 Å². The minimum atomic E-state index is -0.415. The van der Waals surface area contributed by atoms with Crippen LogP contribution in [0.5, 0.6) is 0 Å². The molecule has 2 heterocycles. The van der Waals surface area contributed by atoms with E-state index in [1.165, 1.54) is 9.80 Å². The normalized spacial score (nSPS) is 16.7. The fourth-order valence-corrected chi connectivity index (χ4v) is 3.56. The van der Waals surface area contributed by atoms with Crippen molar-refractivity contribution in [3.05, 3.63) is 71.9 Å². The maximum absolute atomic E-state index is 13.2. The van der Waals surface area contributed by atoms with Crippen molar-refractivity contribution in [1.29, 1.82) is 0 Å². The third-order valence-corrected chi connectivity index (χ3v) is 5.15. The molecule has 1 aliphatic heterocycles. The zero-order chi connectivity index (χ0) is 19.1. The Kier molecular flexibility index (Phi) is 4.12. The largest absolute Gasteiger partial charge is 0.350 e. The van der Waals surface area contributed by atoms with E-state index in [2.05, 4.69) is 0 Å². The first-order valence-electron chi connectivity index (χ1n) is 8.46. The summed E-state index contributed by atoms with van der Waals surface area (Å²) in [5, 5.41) is 1.15. The lowest BCUT2D eigenvalue weighted by Gasteiger charge is -2.34. The lowest BCUT2D eigenvalue weighted by Crippen LogP contribution is -2.54. The predicted octanol–water partition coefficient (Wildman–Crippen LogP) is 3.35. The van der Waals surface area contributed by atoms with Crippen molar-refractivity contribution in [3.63, 3.8) is 0 Å². The van der Waals surface area contributed by atoms with Crippen molar-refractivity contribution < 1.29 is 9.59 Å². The number of aryl methyl sites for hydroxylation is 1. The molecule has 0 atom stereocenters. The number of hydrogen-bond acceptors (Lipinski definition) is 3. The van der Waals surface area contributed by atoms with Crippen LogP contribution in [0.25, 0.3) is 17.0 Å². The van der Waals surface area contributed by atoms with Gasteiger partial charge < -0.3 is 4.57 Å². The molecule has 0 radical (unpaired) electrons. The number of thiocarbonyl (C=S) groups is 1. The molecule has 3 aromatic rings. The lowest BCUT2D eigenvalue weighted by atomic mass is 10.1. The summed E-state index contributed by atoms with van der Waals surface area (Å²) in [6.45, 7) is 0. The van der Waals surface area contributed by atoms with Gasteiger partial charge in [-0.2, -0.15) is 0 Å². The van der Waals surface area contributed by atoms with Gasteiger partial charge in [0.15, 0.2) is 5.11 Å². The van der Waals surface area contributed by atoms with Gasteiger partial charge in [-0.05, 0) is 36.5 Å². The van der Waals surface area contributed by atoms with Gasteiger partial charge in [0.1, 0.15) is 5.57 Å². The zero-order valence-corrected chi connectivity index (χ0v) is 15.7. The monoisotopic (exact) mass is 375 g/mol. The van der Waals surface area contributed by atoms with Crippen LogP contribution in [0.2, 0.25) is 0 Å². The van der Waals surface area contributed by atoms with E-state index in [0.29, 0.717) is 5.69 Å². The van der Waals surface area contributed by atoms with Crippen LogP contribution >= 0.6 is 12.2 Å². The molecule has 4 rings (SSSR count). The van der Waals surface area contributed by atoms with E-state index in [4.69, 9.17) is 12.2 Å². The highest BCUT2D eigenvalue weighted by Crippen LogP contribution is 2.28. The maximum Gasteiger partial charge on any atom is 0.270 e. The quantitative estimate of drug-likeness (QED) is 0.392. The summed E-state index contributed by atoms with van der Waals surface area (Å²) in [5.41, 5.74) is 2.57. The van der Waals surface area contributed by atoms with Gasteiger partial charge in [-0.25, -0.2) is 0 Å². The fraction of sp³-hybridized carbons (Fsp3) is 0.0952. The fourth-order valence-electron chi connectivity index (χ4n) is 3.29. The molecule has 0 bridgehead atoms. The summed E-state index contributed by atoms with van der Waals surface area (Å²) < 4.78 is 1.98. The third kappa shape index (κ3) is 2.74. The van der Waals surface area contributed by atoms with Crippen LogP contribution in [0.15, 0.2) is 66.4 Å². The average Bonchev–Trinajstić information content (AvgIpc) is 3.00. The summed E-state index contributed by atoms with van der Waals surface area (Å²) in [4.78, 5) is 28.7. The Balaban J connectivity index is 1.85. The van der Waals surface area contributed by atoms with E-state index in [-0.39, 0.29) is 10.7 Å². The van der Waals surface area contributed by atoms with Crippen molar-refractivity contribution in [1.82, 2.24) is 9.47 Å². The molecular formula is C21H17N3O2S. The van der Waals surface area contributed by atoms with E-state index in [9.17, 15) is 9.59 Å². The molecule has 1 aliphatic rings. The highest BCUT2D eigenvalue weighted by Gasteiger charge is 2.38. The number of hydrogen-bond donors (Lipinski definition) is 0. The number of para-hydroxylation sites is 2. The Morgan fingerprint density at radius 2 is 1.56 bits per heavy atom. The van der Waals surface area contributed by atoms with Gasteiger partial charge in [0, 0.05) is 36.8 Å². The van der Waals surface area contributed by atoms with Crippen LogP contribution < -0.4 is 4.90 Å². The number of fused-ring (bicyclic) bond motifs is 1. The van der Waals surface area contributed by atoms with Crippen molar-refractivity contribution >= 4 is 51.8 Å². The summed E-state index contributed by atoms with van der Waals surface area (Å²) in [5.74, 6) is -0.813. The Labute approximate surface area is 162 Å². The molecule has 134 valence electrons. The van der Waals surface area contributed by atoms with Crippen LogP contribution in [-0.2, 0) is 16.6 Å². The van der Waals surface area contributed by atoms with Gasteiger partial charge >= 0.3 is 0 Å². The number of aromatic nitrogens is 1. The Morgan fingerprint density at radius 3 is 2.30 bits per heavy atom. The maximum atomic E-state index is 13.2. The van der Waals surface area contributed by atoms with Crippen LogP contribution in [0, 0.1) is 0 Å². The molecule has 2 amide bonds. The van der Waals surface area contributed by atoms with Crippen LogP contribution in [0.4, 0.5) is 5.69 Å². The minimum absolute atomic E-state index is 0.0892. The number of rotatable bonds is 2. The first-order valence-corrected chi connectivity index (χ1v) is 8.87. The van der Waals surface area contributed by atoms with Crippen LogP contribution in [0.3, 0.4) is 0 Å². The minimum Gasteiger partial charge on any atom is -0.350 e. The van der Waals surface area contributed by atoms with Gasteiger partial charge in [0.2, 0.25) is 0 Å². The van der Waals surface area contributed by atoms with Gasteiger partial charge in [0.05, 0.1) is 5.69 Å². The summed E-state index contributed by atoms with van der Waals surface area (Å²) >= 11 is 5.36. The SMILES string of the molecule is CN1C(=O)/C(=C\c2cn(C)c3ccccc23)C(=O)N(c2ccccc2)C1=S. The molecule has 0 spiro atoms. The van der Waals surface area contributed by atoms with Crippen LogP contribution in [0.1, 0.15) is 5.56 Å². The highest BCUT2D eigenvalue weighted by atomic mass is 32.1. The average molecular weight is 375 g/mol. The second kappa shape index (κ2) is 6.48. The number of benzene rings is 2. The first-order chi connectivity index (χ1) is 13.0.